The summed E-state index contributed by atoms with van der Waals surface area (Å²) in [4.78, 5) is 0. The molecule has 0 spiro atoms. The number of rotatable bonds is 2. The van der Waals surface area contributed by atoms with Crippen LogP contribution in [0, 0.1) is 23.7 Å². The van der Waals surface area contributed by atoms with Crippen LogP contribution in [-0.4, -0.2) is 6.04 Å². The highest BCUT2D eigenvalue weighted by molar-refractivity contribution is 5.22. The maximum Gasteiger partial charge on any atom is 0.0114 e. The molecule has 2 aliphatic carbocycles. The van der Waals surface area contributed by atoms with Crippen LogP contribution < -0.4 is 5.73 Å². The third kappa shape index (κ3) is 2.20. The molecule has 2 aliphatic rings. The molecule has 0 aromatic heterocycles. The molecular weight excluding hydrogens is 194 g/mol. The second-order valence-electron chi connectivity index (χ2n) is 6.47. The van der Waals surface area contributed by atoms with Crippen LogP contribution in [0.4, 0.5) is 0 Å². The molecule has 0 radical (unpaired) electrons. The largest absolute Gasteiger partial charge is 0.327 e. The SMILES string of the molecule is CC(CC1C(C)CC(C)C1C)=C1CC(N)C1. The van der Waals surface area contributed by atoms with E-state index >= 15 is 0 Å². The van der Waals surface area contributed by atoms with Gasteiger partial charge in [-0.05, 0) is 56.3 Å². The van der Waals surface area contributed by atoms with E-state index in [2.05, 4.69) is 27.7 Å². The van der Waals surface area contributed by atoms with Crippen LogP contribution in [0.15, 0.2) is 11.1 Å². The van der Waals surface area contributed by atoms with Crippen molar-refractivity contribution >= 4 is 0 Å². The van der Waals surface area contributed by atoms with Crippen molar-refractivity contribution in [3.05, 3.63) is 11.1 Å². The van der Waals surface area contributed by atoms with Crippen LogP contribution in [0.2, 0.25) is 0 Å². The fourth-order valence-electron chi connectivity index (χ4n) is 3.72. The Morgan fingerprint density at radius 2 is 1.81 bits per heavy atom. The van der Waals surface area contributed by atoms with Crippen molar-refractivity contribution in [2.45, 2.75) is 59.4 Å². The van der Waals surface area contributed by atoms with Gasteiger partial charge in [-0.2, -0.15) is 0 Å². The number of hydrogen-bond acceptors (Lipinski definition) is 1. The third-order valence-electron chi connectivity index (χ3n) is 5.21. The Kier molecular flexibility index (Phi) is 3.44. The maximum atomic E-state index is 5.86. The van der Waals surface area contributed by atoms with Gasteiger partial charge in [-0.25, -0.2) is 0 Å². The van der Waals surface area contributed by atoms with Gasteiger partial charge in [-0.3, -0.25) is 0 Å². The molecule has 1 heteroatoms. The average Bonchev–Trinajstić information content (AvgIpc) is 2.40. The van der Waals surface area contributed by atoms with Gasteiger partial charge in [0.05, 0.1) is 0 Å². The quantitative estimate of drug-likeness (QED) is 0.706. The smallest absolute Gasteiger partial charge is 0.0114 e. The van der Waals surface area contributed by atoms with E-state index in [0.29, 0.717) is 6.04 Å². The summed E-state index contributed by atoms with van der Waals surface area (Å²) in [6.07, 6.45) is 5.08. The molecule has 4 atom stereocenters. The molecule has 0 aliphatic heterocycles. The van der Waals surface area contributed by atoms with Gasteiger partial charge in [0.2, 0.25) is 0 Å². The Bertz CT molecular complexity index is 284. The van der Waals surface area contributed by atoms with Crippen LogP contribution in [0.5, 0.6) is 0 Å². The van der Waals surface area contributed by atoms with Crippen molar-refractivity contribution in [3.63, 3.8) is 0 Å². The van der Waals surface area contributed by atoms with Crippen molar-refractivity contribution in [2.24, 2.45) is 29.4 Å². The molecule has 0 aromatic rings. The lowest BCUT2D eigenvalue weighted by molar-refractivity contribution is 0.318. The fraction of sp³-hybridized carbons (Fsp3) is 0.867. The summed E-state index contributed by atoms with van der Waals surface area (Å²) in [7, 11) is 0. The molecule has 2 N–H and O–H groups in total. The summed E-state index contributed by atoms with van der Waals surface area (Å²) in [6.45, 7) is 9.64. The Balaban J connectivity index is 1.97. The van der Waals surface area contributed by atoms with Crippen molar-refractivity contribution in [1.29, 1.82) is 0 Å². The predicted molar refractivity (Wildman–Crippen MR) is 70.1 cm³/mol. The highest BCUT2D eigenvalue weighted by Gasteiger charge is 2.36. The highest BCUT2D eigenvalue weighted by atomic mass is 14.7. The molecule has 2 rings (SSSR count). The highest BCUT2D eigenvalue weighted by Crippen LogP contribution is 2.45. The van der Waals surface area contributed by atoms with Crippen LogP contribution in [0.3, 0.4) is 0 Å². The van der Waals surface area contributed by atoms with Crippen molar-refractivity contribution in [2.75, 3.05) is 0 Å². The molecule has 0 bridgehead atoms. The van der Waals surface area contributed by atoms with Gasteiger partial charge >= 0.3 is 0 Å². The molecule has 0 heterocycles. The summed E-state index contributed by atoms with van der Waals surface area (Å²) in [5.41, 5.74) is 9.17. The van der Waals surface area contributed by atoms with E-state index in [-0.39, 0.29) is 0 Å². The second kappa shape index (κ2) is 4.52. The van der Waals surface area contributed by atoms with Gasteiger partial charge in [-0.1, -0.05) is 31.9 Å². The van der Waals surface area contributed by atoms with E-state index < -0.39 is 0 Å². The average molecular weight is 221 g/mol. The van der Waals surface area contributed by atoms with E-state index in [9.17, 15) is 0 Å². The number of hydrogen-bond donors (Lipinski definition) is 1. The Morgan fingerprint density at radius 1 is 1.19 bits per heavy atom. The normalized spacial score (nSPS) is 43.3. The molecule has 0 amide bonds. The lowest BCUT2D eigenvalue weighted by Crippen LogP contribution is -2.31. The van der Waals surface area contributed by atoms with E-state index in [0.717, 1.165) is 36.5 Å². The Hall–Kier alpha value is -0.300. The minimum Gasteiger partial charge on any atom is -0.327 e. The first-order valence-electron chi connectivity index (χ1n) is 6.92. The van der Waals surface area contributed by atoms with Crippen LogP contribution in [0.25, 0.3) is 0 Å². The molecule has 0 aromatic carbocycles. The van der Waals surface area contributed by atoms with Gasteiger partial charge in [-0.15, -0.1) is 0 Å². The fourth-order valence-corrected chi connectivity index (χ4v) is 3.72. The minimum absolute atomic E-state index is 0.460. The second-order valence-corrected chi connectivity index (χ2v) is 6.47. The van der Waals surface area contributed by atoms with Gasteiger partial charge in [0.15, 0.2) is 0 Å². The minimum atomic E-state index is 0.460. The standard InChI is InChI=1S/C15H27N/c1-9-5-11(3)15(12(9)4)6-10(2)13-7-14(16)8-13/h9,11-12,14-15H,5-8,16H2,1-4H3. The zero-order chi connectivity index (χ0) is 11.9. The molecule has 1 nitrogen and oxygen atoms in total. The van der Waals surface area contributed by atoms with Crippen molar-refractivity contribution in [3.8, 4) is 0 Å². The maximum absolute atomic E-state index is 5.86. The van der Waals surface area contributed by atoms with Crippen molar-refractivity contribution < 1.29 is 0 Å². The first-order chi connectivity index (χ1) is 7.49. The molecular formula is C15H27N. The van der Waals surface area contributed by atoms with Gasteiger partial charge < -0.3 is 5.73 Å². The molecule has 92 valence electrons. The monoisotopic (exact) mass is 221 g/mol. The Morgan fingerprint density at radius 3 is 2.25 bits per heavy atom. The first kappa shape index (κ1) is 12.2. The number of allylic oxidation sites excluding steroid dienone is 1. The van der Waals surface area contributed by atoms with Gasteiger partial charge in [0.25, 0.3) is 0 Å². The lowest BCUT2D eigenvalue weighted by Gasteiger charge is -2.30. The van der Waals surface area contributed by atoms with Gasteiger partial charge in [0.1, 0.15) is 0 Å². The number of nitrogens with two attached hydrogens (primary N) is 1. The molecule has 16 heavy (non-hydrogen) atoms. The van der Waals surface area contributed by atoms with Crippen LogP contribution in [-0.2, 0) is 0 Å². The van der Waals surface area contributed by atoms with Gasteiger partial charge in [0, 0.05) is 6.04 Å². The summed E-state index contributed by atoms with van der Waals surface area (Å²) in [6, 6.07) is 0.460. The first-order valence-corrected chi connectivity index (χ1v) is 6.92. The van der Waals surface area contributed by atoms with Crippen LogP contribution in [0.1, 0.15) is 53.4 Å². The molecule has 2 saturated carbocycles. The van der Waals surface area contributed by atoms with Crippen molar-refractivity contribution in [1.82, 2.24) is 0 Å². The lowest BCUT2D eigenvalue weighted by atomic mass is 9.78. The van der Waals surface area contributed by atoms with E-state index in [1.165, 1.54) is 12.8 Å². The summed E-state index contributed by atoms with van der Waals surface area (Å²) in [5, 5.41) is 0. The topological polar surface area (TPSA) is 26.0 Å². The zero-order valence-corrected chi connectivity index (χ0v) is 11.3. The zero-order valence-electron chi connectivity index (χ0n) is 11.3. The molecule has 4 unspecified atom stereocenters. The Labute approximate surface area is 100 Å². The van der Waals surface area contributed by atoms with E-state index in [4.69, 9.17) is 5.73 Å². The predicted octanol–water partition coefficient (Wildman–Crippen LogP) is 3.74. The summed E-state index contributed by atoms with van der Waals surface area (Å²) >= 11 is 0. The summed E-state index contributed by atoms with van der Waals surface area (Å²) < 4.78 is 0. The molecule has 2 fully saturated rings. The van der Waals surface area contributed by atoms with E-state index in [1.54, 1.807) is 11.1 Å². The van der Waals surface area contributed by atoms with E-state index in [1.807, 2.05) is 0 Å². The summed E-state index contributed by atoms with van der Waals surface area (Å²) in [5.74, 6) is 3.65. The third-order valence-corrected chi connectivity index (χ3v) is 5.21. The van der Waals surface area contributed by atoms with Crippen LogP contribution >= 0.6 is 0 Å². The molecule has 0 saturated heterocycles.